The molecular formula is C13H17ClN2O3. The van der Waals surface area contributed by atoms with E-state index in [-0.39, 0.29) is 18.4 Å². The van der Waals surface area contributed by atoms with Gasteiger partial charge in [0.15, 0.2) is 0 Å². The van der Waals surface area contributed by atoms with Crippen LogP contribution in [-0.2, 0) is 9.53 Å². The Labute approximate surface area is 117 Å². The lowest BCUT2D eigenvalue weighted by Gasteiger charge is -2.17. The number of imide groups is 1. The van der Waals surface area contributed by atoms with Crippen LogP contribution in [0.1, 0.15) is 19.8 Å². The van der Waals surface area contributed by atoms with Crippen molar-refractivity contribution in [3.05, 3.63) is 29.3 Å². The topological polar surface area (TPSA) is 67.4 Å². The fourth-order valence-electron chi connectivity index (χ4n) is 1.52. The molecule has 1 aromatic rings. The zero-order valence-corrected chi connectivity index (χ0v) is 11.7. The molecule has 0 aliphatic heterocycles. The van der Waals surface area contributed by atoms with Crippen molar-refractivity contribution in [1.82, 2.24) is 5.32 Å². The van der Waals surface area contributed by atoms with E-state index >= 15 is 0 Å². The van der Waals surface area contributed by atoms with Gasteiger partial charge in [-0.15, -0.1) is 0 Å². The van der Waals surface area contributed by atoms with Gasteiger partial charge in [0.2, 0.25) is 5.91 Å². The van der Waals surface area contributed by atoms with Crippen LogP contribution in [0.2, 0.25) is 5.02 Å². The van der Waals surface area contributed by atoms with Crippen LogP contribution in [0.15, 0.2) is 24.3 Å². The number of ether oxygens (including phenoxy) is 1. The van der Waals surface area contributed by atoms with Gasteiger partial charge in [-0.2, -0.15) is 0 Å². The molecule has 0 saturated heterocycles. The maximum absolute atomic E-state index is 11.6. The highest BCUT2D eigenvalue weighted by molar-refractivity contribution is 6.30. The van der Waals surface area contributed by atoms with E-state index < -0.39 is 6.09 Å². The SMILES string of the molecule is CC[C@H](CC(=O)NC(=O)OC)Nc1ccc(Cl)cc1. The molecule has 1 aromatic carbocycles. The molecule has 0 radical (unpaired) electrons. The lowest BCUT2D eigenvalue weighted by molar-refractivity contribution is -0.120. The number of anilines is 1. The largest absolute Gasteiger partial charge is 0.453 e. The molecule has 19 heavy (non-hydrogen) atoms. The minimum absolute atomic E-state index is 0.0640. The minimum atomic E-state index is -0.744. The van der Waals surface area contributed by atoms with Crippen LogP contribution in [0, 0.1) is 0 Å². The number of alkyl carbamates (subject to hydrolysis) is 1. The van der Waals surface area contributed by atoms with Gasteiger partial charge in [-0.25, -0.2) is 4.79 Å². The standard InChI is InChI=1S/C13H17ClN2O3/c1-3-10(8-12(17)16-13(18)19-2)15-11-6-4-9(14)5-7-11/h4-7,10,15H,3,8H2,1-2H3,(H,16,17,18)/t10-/m1/s1. The quantitative estimate of drug-likeness (QED) is 0.872. The maximum atomic E-state index is 11.6. The number of nitrogens with one attached hydrogen (secondary N) is 2. The Morgan fingerprint density at radius 3 is 2.47 bits per heavy atom. The van der Waals surface area contributed by atoms with Gasteiger partial charge >= 0.3 is 6.09 Å². The molecule has 2 N–H and O–H groups in total. The van der Waals surface area contributed by atoms with Gasteiger partial charge in [0, 0.05) is 23.2 Å². The second kappa shape index (κ2) is 7.63. The van der Waals surface area contributed by atoms with E-state index in [4.69, 9.17) is 11.6 Å². The van der Waals surface area contributed by atoms with E-state index in [1.54, 1.807) is 12.1 Å². The Hall–Kier alpha value is -1.75. The lowest BCUT2D eigenvalue weighted by Crippen LogP contribution is -2.34. The van der Waals surface area contributed by atoms with Crippen molar-refractivity contribution >= 4 is 29.3 Å². The third-order valence-corrected chi connectivity index (χ3v) is 2.82. The molecule has 0 unspecified atom stereocenters. The summed E-state index contributed by atoms with van der Waals surface area (Å²) in [7, 11) is 1.21. The van der Waals surface area contributed by atoms with Crippen LogP contribution < -0.4 is 10.6 Å². The Morgan fingerprint density at radius 1 is 1.32 bits per heavy atom. The minimum Gasteiger partial charge on any atom is -0.453 e. The molecule has 1 atom stereocenters. The van der Waals surface area contributed by atoms with Gasteiger partial charge < -0.3 is 10.1 Å². The first kappa shape index (κ1) is 15.3. The molecule has 0 bridgehead atoms. The highest BCUT2D eigenvalue weighted by Crippen LogP contribution is 2.15. The van der Waals surface area contributed by atoms with Crippen molar-refractivity contribution in [2.45, 2.75) is 25.8 Å². The lowest BCUT2D eigenvalue weighted by atomic mass is 10.1. The number of carbonyl (C=O) groups is 2. The summed E-state index contributed by atoms with van der Waals surface area (Å²) in [5, 5.41) is 5.99. The van der Waals surface area contributed by atoms with Gasteiger partial charge in [0.05, 0.1) is 7.11 Å². The number of benzene rings is 1. The molecule has 0 spiro atoms. The number of rotatable bonds is 5. The Balaban J connectivity index is 2.51. The summed E-state index contributed by atoms with van der Waals surface area (Å²) in [4.78, 5) is 22.5. The summed E-state index contributed by atoms with van der Waals surface area (Å²) in [5.41, 5.74) is 0.877. The average molecular weight is 285 g/mol. The normalized spacial score (nSPS) is 11.5. The zero-order chi connectivity index (χ0) is 14.3. The second-order valence-electron chi connectivity index (χ2n) is 4.00. The zero-order valence-electron chi connectivity index (χ0n) is 10.9. The molecule has 0 aliphatic carbocycles. The molecule has 0 heterocycles. The van der Waals surface area contributed by atoms with Gasteiger partial charge in [0.1, 0.15) is 0 Å². The van der Waals surface area contributed by atoms with Crippen molar-refractivity contribution in [3.63, 3.8) is 0 Å². The Bertz CT molecular complexity index is 434. The fraction of sp³-hybridized carbons (Fsp3) is 0.385. The first-order valence-electron chi connectivity index (χ1n) is 5.95. The van der Waals surface area contributed by atoms with Gasteiger partial charge in [-0.3, -0.25) is 10.1 Å². The third kappa shape index (κ3) is 5.61. The molecule has 1 rings (SSSR count). The fourth-order valence-corrected chi connectivity index (χ4v) is 1.64. The summed E-state index contributed by atoms with van der Waals surface area (Å²) < 4.78 is 4.36. The average Bonchev–Trinajstić information content (AvgIpc) is 2.40. The highest BCUT2D eigenvalue weighted by Gasteiger charge is 2.14. The summed E-state index contributed by atoms with van der Waals surface area (Å²) in [6.07, 6.45) is 0.192. The summed E-state index contributed by atoms with van der Waals surface area (Å²) in [6.45, 7) is 1.96. The number of carbonyl (C=O) groups excluding carboxylic acids is 2. The number of methoxy groups -OCH3 is 1. The van der Waals surface area contributed by atoms with Gasteiger partial charge in [-0.05, 0) is 30.7 Å². The van der Waals surface area contributed by atoms with Gasteiger partial charge in [-0.1, -0.05) is 18.5 Å². The number of amides is 2. The van der Waals surface area contributed by atoms with Crippen molar-refractivity contribution in [3.8, 4) is 0 Å². The Kier molecular flexibility index (Phi) is 6.15. The van der Waals surface area contributed by atoms with Crippen LogP contribution in [0.25, 0.3) is 0 Å². The molecule has 0 fully saturated rings. The van der Waals surface area contributed by atoms with Crippen LogP contribution in [-0.4, -0.2) is 25.2 Å². The first-order valence-corrected chi connectivity index (χ1v) is 6.32. The third-order valence-electron chi connectivity index (χ3n) is 2.57. The summed E-state index contributed by atoms with van der Waals surface area (Å²) >= 11 is 5.80. The van der Waals surface area contributed by atoms with Crippen molar-refractivity contribution in [2.24, 2.45) is 0 Å². The summed E-state index contributed by atoms with van der Waals surface area (Å²) in [5.74, 6) is -0.375. The van der Waals surface area contributed by atoms with Crippen LogP contribution in [0.5, 0.6) is 0 Å². The molecular weight excluding hydrogens is 268 g/mol. The van der Waals surface area contributed by atoms with Crippen LogP contribution >= 0.6 is 11.6 Å². The number of halogens is 1. The molecule has 6 heteroatoms. The van der Waals surface area contributed by atoms with E-state index in [0.29, 0.717) is 5.02 Å². The Morgan fingerprint density at radius 2 is 1.95 bits per heavy atom. The van der Waals surface area contributed by atoms with E-state index in [9.17, 15) is 9.59 Å². The molecule has 0 aliphatic rings. The van der Waals surface area contributed by atoms with Gasteiger partial charge in [0.25, 0.3) is 0 Å². The maximum Gasteiger partial charge on any atom is 0.413 e. The molecule has 0 saturated carbocycles. The number of hydrogen-bond acceptors (Lipinski definition) is 4. The van der Waals surface area contributed by atoms with Crippen LogP contribution in [0.4, 0.5) is 10.5 Å². The van der Waals surface area contributed by atoms with E-state index in [2.05, 4.69) is 15.4 Å². The summed E-state index contributed by atoms with van der Waals surface area (Å²) in [6, 6.07) is 7.15. The molecule has 5 nitrogen and oxygen atoms in total. The van der Waals surface area contributed by atoms with Crippen molar-refractivity contribution < 1.29 is 14.3 Å². The molecule has 2 amide bonds. The van der Waals surface area contributed by atoms with E-state index in [1.807, 2.05) is 19.1 Å². The highest BCUT2D eigenvalue weighted by atomic mass is 35.5. The van der Waals surface area contributed by atoms with E-state index in [0.717, 1.165) is 12.1 Å². The first-order chi connectivity index (χ1) is 9.05. The molecule has 104 valence electrons. The van der Waals surface area contributed by atoms with Crippen molar-refractivity contribution in [1.29, 1.82) is 0 Å². The predicted molar refractivity (Wildman–Crippen MR) is 74.3 cm³/mol. The van der Waals surface area contributed by atoms with E-state index in [1.165, 1.54) is 7.11 Å². The predicted octanol–water partition coefficient (Wildman–Crippen LogP) is 2.80. The second-order valence-corrected chi connectivity index (χ2v) is 4.44. The van der Waals surface area contributed by atoms with Crippen LogP contribution in [0.3, 0.4) is 0 Å². The monoisotopic (exact) mass is 284 g/mol. The number of hydrogen-bond donors (Lipinski definition) is 2. The smallest absolute Gasteiger partial charge is 0.413 e. The molecule has 0 aromatic heterocycles. The van der Waals surface area contributed by atoms with Crippen molar-refractivity contribution in [2.75, 3.05) is 12.4 Å².